The van der Waals surface area contributed by atoms with Crippen molar-refractivity contribution in [2.24, 2.45) is 23.3 Å². The highest BCUT2D eigenvalue weighted by atomic mass is 35.5. The molecule has 7 nitrogen and oxygen atoms in total. The molecule has 1 aromatic rings. The molecular weight excluding hydrogens is 353 g/mol. The normalized spacial score (nSPS) is 27.1. The fraction of sp³-hybridized carbons (Fsp3) is 0.438. The molecule has 0 aromatic heterocycles. The van der Waals surface area contributed by atoms with Gasteiger partial charge in [-0.25, -0.2) is 9.18 Å². The van der Waals surface area contributed by atoms with Crippen LogP contribution < -0.4 is 11.5 Å². The van der Waals surface area contributed by atoms with Crippen molar-refractivity contribution in [3.63, 3.8) is 0 Å². The number of likely N-dealkylation sites (tertiary alicyclic amines) is 1. The van der Waals surface area contributed by atoms with Gasteiger partial charge in [0.15, 0.2) is 0 Å². The average Bonchev–Trinajstić information content (AvgIpc) is 2.84. The predicted molar refractivity (Wildman–Crippen MR) is 88.5 cm³/mol. The van der Waals surface area contributed by atoms with E-state index in [-0.39, 0.29) is 18.0 Å². The van der Waals surface area contributed by atoms with E-state index >= 15 is 0 Å². The summed E-state index contributed by atoms with van der Waals surface area (Å²) in [7, 11) is 0. The Balaban J connectivity index is 2.42. The lowest BCUT2D eigenvalue weighted by atomic mass is 9.76. The molecule has 0 aliphatic carbocycles. The van der Waals surface area contributed by atoms with E-state index in [9.17, 15) is 23.9 Å². The highest BCUT2D eigenvalue weighted by molar-refractivity contribution is 6.30. The van der Waals surface area contributed by atoms with Gasteiger partial charge in [0.1, 0.15) is 17.6 Å². The van der Waals surface area contributed by atoms with Gasteiger partial charge in [-0.15, -0.1) is 0 Å². The molecule has 2 amide bonds. The molecule has 1 aromatic carbocycles. The van der Waals surface area contributed by atoms with E-state index in [0.29, 0.717) is 11.8 Å². The number of nitrogens with zero attached hydrogens (tertiary/aromatic N) is 1. The van der Waals surface area contributed by atoms with Crippen LogP contribution in [0.15, 0.2) is 18.2 Å². The summed E-state index contributed by atoms with van der Waals surface area (Å²) in [5, 5.41) is 9.43. The number of carboxylic acid groups (broad SMARTS) is 1. The number of hydrogen-bond donors (Lipinski definition) is 3. The minimum atomic E-state index is -1.83. The Morgan fingerprint density at radius 1 is 1.56 bits per heavy atom. The molecule has 0 bridgehead atoms. The van der Waals surface area contributed by atoms with Crippen LogP contribution in [0.3, 0.4) is 0 Å². The first-order valence-electron chi connectivity index (χ1n) is 7.61. The zero-order valence-corrected chi connectivity index (χ0v) is 14.2. The molecule has 1 aliphatic rings. The van der Waals surface area contributed by atoms with E-state index in [1.165, 1.54) is 25.1 Å². The second kappa shape index (κ2) is 6.97. The van der Waals surface area contributed by atoms with Crippen LogP contribution in [0.25, 0.3) is 0 Å². The molecule has 0 spiro atoms. The molecule has 25 heavy (non-hydrogen) atoms. The SMILES string of the molecule is CC(C=O)C1(C(N)=O)C(N)C(Cc2ccc(F)c(Cl)c2)CN1C(=O)O. The Morgan fingerprint density at radius 2 is 2.20 bits per heavy atom. The number of rotatable bonds is 5. The Bertz CT molecular complexity index is 717. The number of nitrogens with two attached hydrogens (primary N) is 2. The highest BCUT2D eigenvalue weighted by Gasteiger charge is 2.61. The maximum Gasteiger partial charge on any atom is 0.408 e. The summed E-state index contributed by atoms with van der Waals surface area (Å²) in [6, 6.07) is 3.13. The summed E-state index contributed by atoms with van der Waals surface area (Å²) in [5.41, 5.74) is 10.5. The predicted octanol–water partition coefficient (Wildman–Crippen LogP) is 1.02. The van der Waals surface area contributed by atoms with Gasteiger partial charge in [-0.3, -0.25) is 9.69 Å². The van der Waals surface area contributed by atoms with Gasteiger partial charge in [-0.1, -0.05) is 24.6 Å². The van der Waals surface area contributed by atoms with Crippen LogP contribution >= 0.6 is 11.6 Å². The van der Waals surface area contributed by atoms with Gasteiger partial charge in [0, 0.05) is 18.5 Å². The summed E-state index contributed by atoms with van der Waals surface area (Å²) in [5.74, 6) is -3.05. The average molecular weight is 372 g/mol. The second-order valence-corrected chi connectivity index (χ2v) is 6.65. The molecular formula is C16H19ClFN3O4. The van der Waals surface area contributed by atoms with Crippen LogP contribution in [0.4, 0.5) is 9.18 Å². The summed E-state index contributed by atoms with van der Waals surface area (Å²) < 4.78 is 13.3. The van der Waals surface area contributed by atoms with Gasteiger partial charge in [0.25, 0.3) is 0 Å². The molecule has 1 heterocycles. The minimum Gasteiger partial charge on any atom is -0.465 e. The van der Waals surface area contributed by atoms with Crippen molar-refractivity contribution in [1.82, 2.24) is 4.90 Å². The first-order chi connectivity index (χ1) is 11.7. The summed E-state index contributed by atoms with van der Waals surface area (Å²) in [6.07, 6.45) is -0.661. The fourth-order valence-electron chi connectivity index (χ4n) is 3.61. The van der Waals surface area contributed by atoms with Crippen LogP contribution in [-0.2, 0) is 16.0 Å². The monoisotopic (exact) mass is 371 g/mol. The van der Waals surface area contributed by atoms with Gasteiger partial charge in [0.05, 0.1) is 5.02 Å². The zero-order chi connectivity index (χ0) is 18.9. The van der Waals surface area contributed by atoms with Crippen molar-refractivity contribution in [2.75, 3.05) is 6.54 Å². The molecule has 1 aliphatic heterocycles. The number of primary amides is 1. The number of amides is 2. The third-order valence-electron chi connectivity index (χ3n) is 4.89. The number of carbonyl (C=O) groups excluding carboxylic acids is 2. The Labute approximate surface area is 148 Å². The topological polar surface area (TPSA) is 127 Å². The number of carbonyl (C=O) groups is 3. The molecule has 9 heteroatoms. The molecule has 1 saturated heterocycles. The van der Waals surface area contributed by atoms with E-state index in [2.05, 4.69) is 0 Å². The van der Waals surface area contributed by atoms with E-state index in [1.54, 1.807) is 0 Å². The molecule has 4 unspecified atom stereocenters. The minimum absolute atomic E-state index is 0.0680. The second-order valence-electron chi connectivity index (χ2n) is 6.25. The maximum absolute atomic E-state index is 13.3. The molecule has 5 N–H and O–H groups in total. The van der Waals surface area contributed by atoms with Gasteiger partial charge in [-0.2, -0.15) is 0 Å². The Kier molecular flexibility index (Phi) is 5.34. The van der Waals surface area contributed by atoms with Crippen molar-refractivity contribution >= 4 is 29.9 Å². The van der Waals surface area contributed by atoms with Gasteiger partial charge < -0.3 is 21.4 Å². The smallest absolute Gasteiger partial charge is 0.408 e. The summed E-state index contributed by atoms with van der Waals surface area (Å²) in [4.78, 5) is 36.0. The van der Waals surface area contributed by atoms with Crippen molar-refractivity contribution in [3.8, 4) is 0 Å². The van der Waals surface area contributed by atoms with Gasteiger partial charge in [0.2, 0.25) is 5.91 Å². The van der Waals surface area contributed by atoms with E-state index < -0.39 is 41.2 Å². The van der Waals surface area contributed by atoms with Crippen LogP contribution in [-0.4, -0.2) is 46.4 Å². The molecule has 0 radical (unpaired) electrons. The first-order valence-corrected chi connectivity index (χ1v) is 7.99. The van der Waals surface area contributed by atoms with Crippen LogP contribution in [0.2, 0.25) is 5.02 Å². The van der Waals surface area contributed by atoms with Crippen LogP contribution in [0.1, 0.15) is 12.5 Å². The first kappa shape index (κ1) is 19.1. The number of aldehydes is 1. The van der Waals surface area contributed by atoms with Gasteiger partial charge >= 0.3 is 6.09 Å². The molecule has 1 fully saturated rings. The largest absolute Gasteiger partial charge is 0.465 e. The quantitative estimate of drug-likeness (QED) is 0.666. The lowest BCUT2D eigenvalue weighted by molar-refractivity contribution is -0.135. The Hall–Kier alpha value is -2.19. The summed E-state index contributed by atoms with van der Waals surface area (Å²) >= 11 is 5.76. The number of halogens is 2. The van der Waals surface area contributed by atoms with E-state index in [1.807, 2.05) is 0 Å². The zero-order valence-electron chi connectivity index (χ0n) is 13.5. The lowest BCUT2D eigenvalue weighted by Gasteiger charge is -2.39. The lowest BCUT2D eigenvalue weighted by Crippen LogP contribution is -2.67. The van der Waals surface area contributed by atoms with E-state index in [0.717, 1.165) is 4.90 Å². The molecule has 4 atom stereocenters. The molecule has 2 rings (SSSR count). The summed E-state index contributed by atoms with van der Waals surface area (Å²) in [6.45, 7) is 1.33. The van der Waals surface area contributed by atoms with Crippen molar-refractivity contribution in [2.45, 2.75) is 24.9 Å². The number of hydrogen-bond acceptors (Lipinski definition) is 4. The fourth-order valence-corrected chi connectivity index (χ4v) is 3.81. The van der Waals surface area contributed by atoms with Crippen molar-refractivity contribution < 1.29 is 23.9 Å². The third kappa shape index (κ3) is 3.07. The van der Waals surface area contributed by atoms with E-state index in [4.69, 9.17) is 23.1 Å². The molecule has 0 saturated carbocycles. The highest BCUT2D eigenvalue weighted by Crippen LogP contribution is 2.39. The maximum atomic E-state index is 13.3. The van der Waals surface area contributed by atoms with Gasteiger partial charge in [-0.05, 0) is 30.0 Å². The van der Waals surface area contributed by atoms with Crippen molar-refractivity contribution in [3.05, 3.63) is 34.6 Å². The Morgan fingerprint density at radius 3 is 2.68 bits per heavy atom. The number of benzene rings is 1. The molecule has 136 valence electrons. The third-order valence-corrected chi connectivity index (χ3v) is 5.18. The van der Waals surface area contributed by atoms with Crippen molar-refractivity contribution in [1.29, 1.82) is 0 Å². The van der Waals surface area contributed by atoms with Crippen LogP contribution in [0, 0.1) is 17.7 Å². The van der Waals surface area contributed by atoms with Crippen LogP contribution in [0.5, 0.6) is 0 Å². The standard InChI is InChI=1S/C16H19ClFN3O4/c1-8(7-22)16(14(20)23)13(19)10(6-21(16)15(24)25)4-9-2-3-12(18)11(17)5-9/h2-3,5,7-8,10,13H,4,6,19H2,1H3,(H2,20,23)(H,24,25).